The summed E-state index contributed by atoms with van der Waals surface area (Å²) in [6.45, 7) is 9.18. The molecular weight excluding hydrogens is 558 g/mol. The zero-order valence-electron chi connectivity index (χ0n) is 24.6. The van der Waals surface area contributed by atoms with E-state index in [1.165, 1.54) is 4.90 Å². The summed E-state index contributed by atoms with van der Waals surface area (Å²) in [5, 5.41) is 3.52. The van der Waals surface area contributed by atoms with E-state index < -0.39 is 34.1 Å². The van der Waals surface area contributed by atoms with Crippen LogP contribution in [0.4, 0.5) is 5.69 Å². The Morgan fingerprint density at radius 2 is 1.51 bits per heavy atom. The number of benzene rings is 3. The minimum absolute atomic E-state index is 0.0245. The topological polar surface area (TPSA) is 86.8 Å². The monoisotopic (exact) mass is 597 g/mol. The van der Waals surface area contributed by atoms with Crippen LogP contribution in [0, 0.1) is 0 Å². The fourth-order valence-electron chi connectivity index (χ4n) is 4.64. The summed E-state index contributed by atoms with van der Waals surface area (Å²) in [6.07, 6.45) is 1.34. The van der Waals surface area contributed by atoms with Crippen molar-refractivity contribution in [2.24, 2.45) is 0 Å². The Kier molecular flexibility index (Phi) is 10.6. The Balaban J connectivity index is 2.11. The number of anilines is 1. The van der Waals surface area contributed by atoms with Crippen LogP contribution in [0.3, 0.4) is 0 Å². The fraction of sp³-hybridized carbons (Fsp3) is 0.375. The van der Waals surface area contributed by atoms with E-state index in [2.05, 4.69) is 5.32 Å². The number of carbonyl (C=O) groups is 2. The molecule has 9 heteroatoms. The smallest absolute Gasteiger partial charge is 0.244 e. The summed E-state index contributed by atoms with van der Waals surface area (Å²) >= 11 is 6.27. The van der Waals surface area contributed by atoms with Gasteiger partial charge in [-0.15, -0.1) is 0 Å². The molecule has 3 aromatic carbocycles. The standard InChI is InChI=1S/C32H40ClN3O4S/c1-23(2)27-17-10-11-18-28(27)36(41(6,39)40)22-30(37)35(21-25-15-12-16-26(33)19-25)29(31(38)34-32(3,4)5)20-24-13-8-7-9-14-24/h7-19,23,29H,20-22H2,1-6H3,(H,34,38). The van der Waals surface area contributed by atoms with Crippen LogP contribution in [0.1, 0.15) is 57.2 Å². The van der Waals surface area contributed by atoms with Crippen molar-refractivity contribution in [3.05, 3.63) is 101 Å². The minimum Gasteiger partial charge on any atom is -0.350 e. The number of carbonyl (C=O) groups excluding carboxylic acids is 2. The molecule has 1 atom stereocenters. The van der Waals surface area contributed by atoms with Crippen molar-refractivity contribution in [2.75, 3.05) is 17.1 Å². The predicted molar refractivity (Wildman–Crippen MR) is 167 cm³/mol. The molecule has 0 saturated heterocycles. The highest BCUT2D eigenvalue weighted by Crippen LogP contribution is 2.29. The van der Waals surface area contributed by atoms with Gasteiger partial charge in [-0.05, 0) is 61.6 Å². The first kappa shape index (κ1) is 32.2. The number of amides is 2. The van der Waals surface area contributed by atoms with E-state index in [0.717, 1.165) is 27.3 Å². The van der Waals surface area contributed by atoms with E-state index >= 15 is 0 Å². The molecule has 0 aliphatic heterocycles. The SMILES string of the molecule is CC(C)c1ccccc1N(CC(=O)N(Cc1cccc(Cl)c1)C(Cc1ccccc1)C(=O)NC(C)(C)C)S(C)(=O)=O. The Hall–Kier alpha value is -3.36. The lowest BCUT2D eigenvalue weighted by atomic mass is 10.00. The van der Waals surface area contributed by atoms with Gasteiger partial charge in [0.05, 0.1) is 11.9 Å². The Morgan fingerprint density at radius 1 is 0.902 bits per heavy atom. The van der Waals surface area contributed by atoms with Crippen LogP contribution in [0.5, 0.6) is 0 Å². The van der Waals surface area contributed by atoms with E-state index in [4.69, 9.17) is 11.6 Å². The number of hydrogen-bond acceptors (Lipinski definition) is 4. The highest BCUT2D eigenvalue weighted by Gasteiger charge is 2.34. The van der Waals surface area contributed by atoms with Crippen molar-refractivity contribution in [1.29, 1.82) is 0 Å². The summed E-state index contributed by atoms with van der Waals surface area (Å²) in [4.78, 5) is 29.5. The number of nitrogens with one attached hydrogen (secondary N) is 1. The van der Waals surface area contributed by atoms with Gasteiger partial charge in [0.1, 0.15) is 12.6 Å². The van der Waals surface area contributed by atoms with Crippen molar-refractivity contribution in [1.82, 2.24) is 10.2 Å². The zero-order valence-corrected chi connectivity index (χ0v) is 26.2. The molecule has 0 fully saturated rings. The minimum atomic E-state index is -3.85. The maximum Gasteiger partial charge on any atom is 0.244 e. The van der Waals surface area contributed by atoms with Crippen LogP contribution < -0.4 is 9.62 Å². The van der Waals surface area contributed by atoms with Crippen LogP contribution in [0.15, 0.2) is 78.9 Å². The van der Waals surface area contributed by atoms with E-state index in [9.17, 15) is 18.0 Å². The molecular formula is C32H40ClN3O4S. The predicted octanol–water partition coefficient (Wildman–Crippen LogP) is 5.78. The molecule has 41 heavy (non-hydrogen) atoms. The lowest BCUT2D eigenvalue weighted by Gasteiger charge is -2.35. The number of sulfonamides is 1. The third kappa shape index (κ3) is 9.33. The molecule has 0 spiro atoms. The molecule has 3 rings (SSSR count). The second kappa shape index (κ2) is 13.5. The number of nitrogens with zero attached hydrogens (tertiary/aromatic N) is 2. The van der Waals surface area contributed by atoms with Crippen LogP contribution in [0.25, 0.3) is 0 Å². The molecule has 220 valence electrons. The van der Waals surface area contributed by atoms with Gasteiger partial charge >= 0.3 is 0 Å². The molecule has 0 aromatic heterocycles. The number of hydrogen-bond donors (Lipinski definition) is 1. The lowest BCUT2D eigenvalue weighted by molar-refractivity contribution is -0.140. The van der Waals surface area contributed by atoms with Crippen LogP contribution in [0.2, 0.25) is 5.02 Å². The Labute approximate surface area is 249 Å². The third-order valence-electron chi connectivity index (χ3n) is 6.52. The molecule has 0 radical (unpaired) electrons. The second-order valence-corrected chi connectivity index (χ2v) is 13.9. The van der Waals surface area contributed by atoms with Gasteiger partial charge in [0.25, 0.3) is 0 Å². The summed E-state index contributed by atoms with van der Waals surface area (Å²) in [5.74, 6) is -0.805. The first-order chi connectivity index (χ1) is 19.2. The highest BCUT2D eigenvalue weighted by molar-refractivity contribution is 7.92. The average molecular weight is 598 g/mol. The molecule has 3 aromatic rings. The van der Waals surface area contributed by atoms with E-state index in [1.807, 2.05) is 83.1 Å². The van der Waals surface area contributed by atoms with E-state index in [1.54, 1.807) is 30.3 Å². The summed E-state index contributed by atoms with van der Waals surface area (Å²) < 4.78 is 27.4. The van der Waals surface area contributed by atoms with Gasteiger partial charge in [-0.2, -0.15) is 0 Å². The van der Waals surface area contributed by atoms with Crippen LogP contribution >= 0.6 is 11.6 Å². The molecule has 7 nitrogen and oxygen atoms in total. The summed E-state index contributed by atoms with van der Waals surface area (Å²) in [5.41, 5.74) is 2.29. The van der Waals surface area contributed by atoms with E-state index in [0.29, 0.717) is 10.7 Å². The van der Waals surface area contributed by atoms with Gasteiger partial charge in [-0.3, -0.25) is 13.9 Å². The van der Waals surface area contributed by atoms with Gasteiger partial charge in [-0.1, -0.05) is 86.1 Å². The van der Waals surface area contributed by atoms with E-state index in [-0.39, 0.29) is 24.8 Å². The number of rotatable bonds is 11. The third-order valence-corrected chi connectivity index (χ3v) is 7.88. The fourth-order valence-corrected chi connectivity index (χ4v) is 5.72. The van der Waals surface area contributed by atoms with Gasteiger partial charge in [-0.25, -0.2) is 8.42 Å². The lowest BCUT2D eigenvalue weighted by Crippen LogP contribution is -2.56. The van der Waals surface area contributed by atoms with Crippen LogP contribution in [-0.4, -0.2) is 49.5 Å². The quantitative estimate of drug-likeness (QED) is 0.303. The van der Waals surface area contributed by atoms with Crippen molar-refractivity contribution in [2.45, 2.75) is 65.1 Å². The average Bonchev–Trinajstić information content (AvgIpc) is 2.88. The van der Waals surface area contributed by atoms with Gasteiger partial charge < -0.3 is 10.2 Å². The zero-order chi connectivity index (χ0) is 30.4. The largest absolute Gasteiger partial charge is 0.350 e. The Morgan fingerprint density at radius 3 is 2.10 bits per heavy atom. The maximum absolute atomic E-state index is 14.3. The molecule has 0 aliphatic rings. The molecule has 1 N–H and O–H groups in total. The molecule has 0 aliphatic carbocycles. The highest BCUT2D eigenvalue weighted by atomic mass is 35.5. The van der Waals surface area contributed by atoms with Crippen LogP contribution in [-0.2, 0) is 32.6 Å². The second-order valence-electron chi connectivity index (χ2n) is 11.6. The first-order valence-electron chi connectivity index (χ1n) is 13.6. The number of halogens is 1. The molecule has 0 saturated carbocycles. The molecule has 0 heterocycles. The first-order valence-corrected chi connectivity index (χ1v) is 15.8. The van der Waals surface area contributed by atoms with Gasteiger partial charge in [0.2, 0.25) is 21.8 Å². The Bertz CT molecular complexity index is 1450. The van der Waals surface area contributed by atoms with Crippen molar-refractivity contribution in [3.8, 4) is 0 Å². The van der Waals surface area contributed by atoms with Gasteiger partial charge in [0.15, 0.2) is 0 Å². The normalized spacial score (nSPS) is 12.6. The maximum atomic E-state index is 14.3. The van der Waals surface area contributed by atoms with Crippen molar-refractivity contribution >= 4 is 39.1 Å². The van der Waals surface area contributed by atoms with Crippen molar-refractivity contribution in [3.63, 3.8) is 0 Å². The van der Waals surface area contributed by atoms with Crippen molar-refractivity contribution < 1.29 is 18.0 Å². The van der Waals surface area contributed by atoms with Gasteiger partial charge in [0, 0.05) is 23.5 Å². The summed E-state index contributed by atoms with van der Waals surface area (Å²) in [6, 6.07) is 22.8. The molecule has 0 bridgehead atoms. The molecule has 1 unspecified atom stereocenters. The number of para-hydroxylation sites is 1. The molecule has 2 amide bonds. The summed E-state index contributed by atoms with van der Waals surface area (Å²) in [7, 11) is -3.85.